The fourth-order valence-corrected chi connectivity index (χ4v) is 2.31. The molecule has 0 fully saturated rings. The lowest BCUT2D eigenvalue weighted by molar-refractivity contribution is 0.0517. The van der Waals surface area contributed by atoms with Crippen LogP contribution in [0.3, 0.4) is 0 Å². The first-order valence-electron chi connectivity index (χ1n) is 5.46. The van der Waals surface area contributed by atoms with E-state index in [1.165, 1.54) is 0 Å². The van der Waals surface area contributed by atoms with Crippen LogP contribution < -0.4 is 0 Å². The highest BCUT2D eigenvalue weighted by Crippen LogP contribution is 2.37. The number of rotatable bonds is 3. The second kappa shape index (κ2) is 4.27. The van der Waals surface area contributed by atoms with Gasteiger partial charge in [0.1, 0.15) is 5.15 Å². The molecule has 0 N–H and O–H groups in total. The van der Waals surface area contributed by atoms with Crippen molar-refractivity contribution in [3.63, 3.8) is 0 Å². The topological polar surface area (TPSA) is 42.4 Å². The van der Waals surface area contributed by atoms with Crippen LogP contribution in [-0.2, 0) is 10.3 Å². The maximum Gasteiger partial charge on any atom is 0.256 e. The molecule has 17 heavy (non-hydrogen) atoms. The van der Waals surface area contributed by atoms with Gasteiger partial charge in [-0.15, -0.1) is 0 Å². The summed E-state index contributed by atoms with van der Waals surface area (Å²) in [6, 6.07) is 3.38. The number of hydrogen-bond donors (Lipinski definition) is 0. The van der Waals surface area contributed by atoms with E-state index in [-0.39, 0.29) is 5.91 Å². The molecule has 2 heterocycles. The normalized spacial score (nSPS) is 17.4. The molecule has 0 saturated heterocycles. The summed E-state index contributed by atoms with van der Waals surface area (Å²) < 4.78 is 5.03. The molecule has 0 bridgehead atoms. The van der Waals surface area contributed by atoms with Crippen LogP contribution >= 0.6 is 11.6 Å². The van der Waals surface area contributed by atoms with Crippen molar-refractivity contribution in [2.24, 2.45) is 0 Å². The Balaban J connectivity index is 2.41. The average molecular weight is 255 g/mol. The lowest BCUT2D eigenvalue weighted by atomic mass is 10.00. The number of halogens is 1. The fourth-order valence-electron chi connectivity index (χ4n) is 2.17. The lowest BCUT2D eigenvalue weighted by Gasteiger charge is -2.31. The molecule has 5 heteroatoms. The standard InChI is InChI=1S/C12H15ClN2O2/c1-12(2)10-8(4-5-9(13)14-10)11(16)15(12)6-7-17-3/h4-5H,6-7H2,1-3H3. The summed E-state index contributed by atoms with van der Waals surface area (Å²) in [4.78, 5) is 18.3. The minimum Gasteiger partial charge on any atom is -0.383 e. The molecule has 0 spiro atoms. The van der Waals surface area contributed by atoms with Crippen molar-refractivity contribution < 1.29 is 9.53 Å². The zero-order valence-corrected chi connectivity index (χ0v) is 10.9. The summed E-state index contributed by atoms with van der Waals surface area (Å²) in [6.45, 7) is 5.00. The molecule has 1 aliphatic heterocycles. The molecule has 0 saturated carbocycles. The van der Waals surface area contributed by atoms with Crippen LogP contribution in [-0.4, -0.2) is 36.1 Å². The third-order valence-corrected chi connectivity index (χ3v) is 3.32. The smallest absolute Gasteiger partial charge is 0.256 e. The molecule has 0 aromatic carbocycles. The second-order valence-electron chi connectivity index (χ2n) is 4.54. The fraction of sp³-hybridized carbons (Fsp3) is 0.500. The number of methoxy groups -OCH3 is 1. The highest BCUT2D eigenvalue weighted by Gasteiger charge is 2.44. The summed E-state index contributed by atoms with van der Waals surface area (Å²) >= 11 is 5.88. The van der Waals surface area contributed by atoms with Gasteiger partial charge >= 0.3 is 0 Å². The van der Waals surface area contributed by atoms with Crippen LogP contribution in [0.1, 0.15) is 29.9 Å². The molecule has 1 aromatic rings. The molecule has 0 atom stereocenters. The molecular formula is C12H15ClN2O2. The van der Waals surface area contributed by atoms with Gasteiger partial charge in [-0.2, -0.15) is 0 Å². The first-order valence-corrected chi connectivity index (χ1v) is 5.84. The Morgan fingerprint density at radius 2 is 2.18 bits per heavy atom. The van der Waals surface area contributed by atoms with Gasteiger partial charge in [0.05, 0.1) is 23.4 Å². The molecular weight excluding hydrogens is 240 g/mol. The van der Waals surface area contributed by atoms with E-state index in [1.807, 2.05) is 13.8 Å². The third kappa shape index (κ3) is 1.91. The summed E-state index contributed by atoms with van der Waals surface area (Å²) in [7, 11) is 1.62. The van der Waals surface area contributed by atoms with Gasteiger partial charge in [-0.1, -0.05) is 11.6 Å². The van der Waals surface area contributed by atoms with E-state index in [4.69, 9.17) is 16.3 Å². The Hall–Kier alpha value is -1.13. The molecule has 92 valence electrons. The number of carbonyl (C=O) groups is 1. The zero-order chi connectivity index (χ0) is 12.6. The van der Waals surface area contributed by atoms with Gasteiger partial charge in [-0.25, -0.2) is 4.98 Å². The Morgan fingerprint density at radius 1 is 1.47 bits per heavy atom. The Morgan fingerprint density at radius 3 is 2.82 bits per heavy atom. The number of amides is 1. The summed E-state index contributed by atoms with van der Waals surface area (Å²) in [5.74, 6) is -0.00813. The van der Waals surface area contributed by atoms with Crippen molar-refractivity contribution in [2.45, 2.75) is 19.4 Å². The minimum absolute atomic E-state index is 0.00813. The summed E-state index contributed by atoms with van der Waals surface area (Å²) in [5.41, 5.74) is 0.942. The van der Waals surface area contributed by atoms with Crippen LogP contribution in [0.4, 0.5) is 0 Å². The van der Waals surface area contributed by atoms with Crippen molar-refractivity contribution in [1.29, 1.82) is 0 Å². The maximum absolute atomic E-state index is 12.2. The van der Waals surface area contributed by atoms with Crippen molar-refractivity contribution >= 4 is 17.5 Å². The molecule has 1 amide bonds. The van der Waals surface area contributed by atoms with Gasteiger partial charge in [0.2, 0.25) is 0 Å². The Labute approximate surface area is 106 Å². The van der Waals surface area contributed by atoms with E-state index in [0.717, 1.165) is 5.69 Å². The number of carbonyl (C=O) groups excluding carboxylic acids is 1. The predicted molar refractivity (Wildman–Crippen MR) is 65.2 cm³/mol. The van der Waals surface area contributed by atoms with Crippen LogP contribution in [0, 0.1) is 0 Å². The quantitative estimate of drug-likeness (QED) is 0.776. The molecule has 0 unspecified atom stereocenters. The van der Waals surface area contributed by atoms with E-state index >= 15 is 0 Å². The summed E-state index contributed by atoms with van der Waals surface area (Å²) in [5, 5.41) is 0.415. The number of nitrogens with zero attached hydrogens (tertiary/aromatic N) is 2. The van der Waals surface area contributed by atoms with Gasteiger partial charge in [0.25, 0.3) is 5.91 Å². The first kappa shape index (κ1) is 12.3. The van der Waals surface area contributed by atoms with E-state index in [0.29, 0.717) is 23.9 Å². The summed E-state index contributed by atoms with van der Waals surface area (Å²) in [6.07, 6.45) is 0. The van der Waals surface area contributed by atoms with Crippen molar-refractivity contribution in [1.82, 2.24) is 9.88 Å². The number of hydrogen-bond acceptors (Lipinski definition) is 3. The molecule has 0 aliphatic carbocycles. The van der Waals surface area contributed by atoms with Crippen molar-refractivity contribution in [2.75, 3.05) is 20.3 Å². The Kier molecular flexibility index (Phi) is 3.10. The number of ether oxygens (including phenoxy) is 1. The number of aromatic nitrogens is 1. The van der Waals surface area contributed by atoms with Crippen LogP contribution in [0.2, 0.25) is 5.15 Å². The van der Waals surface area contributed by atoms with Crippen LogP contribution in [0.25, 0.3) is 0 Å². The highest BCUT2D eigenvalue weighted by atomic mass is 35.5. The zero-order valence-electron chi connectivity index (χ0n) is 10.2. The van der Waals surface area contributed by atoms with Gasteiger partial charge in [0.15, 0.2) is 0 Å². The molecule has 2 rings (SSSR count). The van der Waals surface area contributed by atoms with Gasteiger partial charge < -0.3 is 9.64 Å². The highest BCUT2D eigenvalue weighted by molar-refractivity contribution is 6.29. The average Bonchev–Trinajstić information content (AvgIpc) is 2.45. The molecule has 1 aliphatic rings. The minimum atomic E-state index is -0.435. The molecule has 4 nitrogen and oxygen atoms in total. The molecule has 1 aromatic heterocycles. The first-order chi connectivity index (χ1) is 7.98. The van der Waals surface area contributed by atoms with Crippen LogP contribution in [0.15, 0.2) is 12.1 Å². The van der Waals surface area contributed by atoms with E-state index in [9.17, 15) is 4.79 Å². The molecule has 0 radical (unpaired) electrons. The van der Waals surface area contributed by atoms with Crippen molar-refractivity contribution in [3.05, 3.63) is 28.5 Å². The Bertz CT molecular complexity index is 460. The van der Waals surface area contributed by atoms with Gasteiger partial charge in [-0.05, 0) is 26.0 Å². The lowest BCUT2D eigenvalue weighted by Crippen LogP contribution is -2.41. The monoisotopic (exact) mass is 254 g/mol. The maximum atomic E-state index is 12.2. The van der Waals surface area contributed by atoms with E-state index < -0.39 is 5.54 Å². The number of pyridine rings is 1. The van der Waals surface area contributed by atoms with E-state index in [2.05, 4.69) is 4.98 Å². The third-order valence-electron chi connectivity index (χ3n) is 3.11. The SMILES string of the molecule is COCCN1C(=O)c2ccc(Cl)nc2C1(C)C. The largest absolute Gasteiger partial charge is 0.383 e. The van der Waals surface area contributed by atoms with Gasteiger partial charge in [-0.3, -0.25) is 4.79 Å². The predicted octanol–water partition coefficient (Wildman–Crippen LogP) is 2.07. The number of fused-ring (bicyclic) bond motifs is 1. The second-order valence-corrected chi connectivity index (χ2v) is 4.93. The van der Waals surface area contributed by atoms with E-state index in [1.54, 1.807) is 24.1 Å². The van der Waals surface area contributed by atoms with Crippen LogP contribution in [0.5, 0.6) is 0 Å². The van der Waals surface area contributed by atoms with Crippen molar-refractivity contribution in [3.8, 4) is 0 Å². The van der Waals surface area contributed by atoms with Gasteiger partial charge in [0, 0.05) is 13.7 Å².